The second-order valence-electron chi connectivity index (χ2n) is 12.6. The Morgan fingerprint density at radius 2 is 1.75 bits per heavy atom. The van der Waals surface area contributed by atoms with E-state index in [-0.39, 0.29) is 11.0 Å². The highest BCUT2D eigenvalue weighted by atomic mass is 16.5. The fourth-order valence-corrected chi connectivity index (χ4v) is 5.28. The zero-order chi connectivity index (χ0) is 29.1. The van der Waals surface area contributed by atoms with E-state index in [1.165, 1.54) is 5.56 Å². The maximum Gasteiger partial charge on any atom is 0.152 e. The number of phenols is 1. The van der Waals surface area contributed by atoms with E-state index >= 15 is 0 Å². The molecule has 0 saturated heterocycles. The van der Waals surface area contributed by atoms with E-state index in [4.69, 9.17) is 26.2 Å². The van der Waals surface area contributed by atoms with Crippen molar-refractivity contribution in [2.45, 2.75) is 97.6 Å². The van der Waals surface area contributed by atoms with Crippen LogP contribution in [0.25, 0.3) is 21.9 Å². The lowest BCUT2D eigenvalue weighted by atomic mass is 9.81. The topological polar surface area (TPSA) is 112 Å². The van der Waals surface area contributed by atoms with Gasteiger partial charge in [0.05, 0.1) is 11.0 Å². The van der Waals surface area contributed by atoms with Gasteiger partial charge in [0.1, 0.15) is 17.1 Å². The van der Waals surface area contributed by atoms with Gasteiger partial charge in [0, 0.05) is 37.1 Å². The number of rotatable bonds is 13. The Hall–Kier alpha value is -3.16. The van der Waals surface area contributed by atoms with Gasteiger partial charge in [-0.3, -0.25) is 0 Å². The summed E-state index contributed by atoms with van der Waals surface area (Å²) < 4.78 is 8.25. The van der Waals surface area contributed by atoms with Crippen molar-refractivity contribution in [3.05, 3.63) is 58.9 Å². The van der Waals surface area contributed by atoms with Gasteiger partial charge in [0.2, 0.25) is 0 Å². The van der Waals surface area contributed by atoms with Gasteiger partial charge < -0.3 is 25.9 Å². The van der Waals surface area contributed by atoms with Crippen LogP contribution in [-0.2, 0) is 23.1 Å². The first-order valence-electron chi connectivity index (χ1n) is 14.6. The molecule has 0 fully saturated rings. The van der Waals surface area contributed by atoms with Crippen LogP contribution < -0.4 is 11.5 Å². The third-order valence-corrected chi connectivity index (χ3v) is 7.90. The van der Waals surface area contributed by atoms with Crippen LogP contribution in [0.2, 0.25) is 0 Å². The minimum absolute atomic E-state index is 0.0805. The maximum absolute atomic E-state index is 10.0. The van der Waals surface area contributed by atoms with E-state index in [0.717, 1.165) is 84.0 Å². The summed E-state index contributed by atoms with van der Waals surface area (Å²) in [5, 5.41) is 11.1. The number of aromatic hydroxyl groups is 1. The third-order valence-electron chi connectivity index (χ3n) is 7.90. The predicted octanol–water partition coefficient (Wildman–Crippen LogP) is 6.77. The Kier molecular flexibility index (Phi) is 9.06. The van der Waals surface area contributed by atoms with E-state index in [1.54, 1.807) is 6.07 Å². The molecule has 0 unspecified atom stereocenters. The molecule has 4 rings (SSSR count). The molecule has 0 saturated carbocycles. The fourth-order valence-electron chi connectivity index (χ4n) is 5.28. The first kappa shape index (κ1) is 29.8. The van der Waals surface area contributed by atoms with Crippen LogP contribution in [-0.4, -0.2) is 38.4 Å². The van der Waals surface area contributed by atoms with Crippen LogP contribution >= 0.6 is 0 Å². The van der Waals surface area contributed by atoms with Crippen molar-refractivity contribution in [3.63, 3.8) is 0 Å². The maximum atomic E-state index is 10.0. The average molecular weight is 546 g/mol. The number of phenolic OH excluding ortho intramolecular Hbond substituents is 1. The first-order chi connectivity index (χ1) is 18.9. The summed E-state index contributed by atoms with van der Waals surface area (Å²) in [6, 6.07) is 12.3. The van der Waals surface area contributed by atoms with E-state index in [1.807, 2.05) is 19.1 Å². The number of benzene rings is 2. The molecule has 0 aliphatic carbocycles. The second kappa shape index (κ2) is 12.1. The van der Waals surface area contributed by atoms with Crippen molar-refractivity contribution in [2.24, 2.45) is 5.73 Å². The highest BCUT2D eigenvalue weighted by Crippen LogP contribution is 2.34. The number of nitrogen functional groups attached to an aromatic ring is 1. The molecule has 0 spiro atoms. The van der Waals surface area contributed by atoms with Gasteiger partial charge in [-0.15, -0.1) is 0 Å². The SMILES string of the molecule is CCCCc1nc2c(N)nc3cc(C(C)(C)CCOCCCC(C)(C)N)ccc3c2n1Cc1ccc(O)c(C)c1. The lowest BCUT2D eigenvalue weighted by Crippen LogP contribution is -2.32. The van der Waals surface area contributed by atoms with Gasteiger partial charge in [0.15, 0.2) is 5.82 Å². The quantitative estimate of drug-likeness (QED) is 0.160. The number of hydrogen-bond donors (Lipinski definition) is 3. The van der Waals surface area contributed by atoms with E-state index in [0.29, 0.717) is 24.7 Å². The molecule has 0 radical (unpaired) electrons. The zero-order valence-corrected chi connectivity index (χ0v) is 25.2. The normalized spacial score (nSPS) is 12.6. The van der Waals surface area contributed by atoms with Crippen molar-refractivity contribution in [1.29, 1.82) is 0 Å². The Bertz CT molecular complexity index is 1470. The van der Waals surface area contributed by atoms with Crippen LogP contribution in [0.15, 0.2) is 36.4 Å². The average Bonchev–Trinajstić information content (AvgIpc) is 3.25. The Labute approximate surface area is 239 Å². The first-order valence-corrected chi connectivity index (χ1v) is 14.6. The monoisotopic (exact) mass is 545 g/mol. The van der Waals surface area contributed by atoms with Gasteiger partial charge >= 0.3 is 0 Å². The number of hydrogen-bond acceptors (Lipinski definition) is 6. The molecule has 0 aliphatic heterocycles. The number of pyridine rings is 1. The van der Waals surface area contributed by atoms with Gasteiger partial charge in [-0.25, -0.2) is 9.97 Å². The summed E-state index contributed by atoms with van der Waals surface area (Å²) in [7, 11) is 0. The van der Waals surface area contributed by atoms with Crippen molar-refractivity contribution >= 4 is 27.8 Å². The summed E-state index contributed by atoms with van der Waals surface area (Å²) in [6.45, 7) is 14.8. The van der Waals surface area contributed by atoms with Crippen molar-refractivity contribution in [3.8, 4) is 5.75 Å². The minimum Gasteiger partial charge on any atom is -0.508 e. The number of anilines is 1. The predicted molar refractivity (Wildman–Crippen MR) is 166 cm³/mol. The van der Waals surface area contributed by atoms with Gasteiger partial charge in [-0.1, -0.05) is 51.5 Å². The number of unbranched alkanes of at least 4 members (excludes halogenated alkanes) is 1. The molecular weight excluding hydrogens is 498 g/mol. The molecule has 40 heavy (non-hydrogen) atoms. The number of ether oxygens (including phenoxy) is 1. The Balaban J connectivity index is 1.65. The van der Waals surface area contributed by atoms with Crippen LogP contribution in [0.1, 0.15) is 89.2 Å². The lowest BCUT2D eigenvalue weighted by Gasteiger charge is -2.26. The molecule has 0 amide bonds. The number of imidazole rings is 1. The summed E-state index contributed by atoms with van der Waals surface area (Å²) in [5.74, 6) is 1.79. The number of nitrogens with zero attached hydrogens (tertiary/aromatic N) is 3. The molecule has 2 aromatic heterocycles. The molecule has 7 heteroatoms. The molecular formula is C33H47N5O2. The zero-order valence-electron chi connectivity index (χ0n) is 25.2. The van der Waals surface area contributed by atoms with Crippen LogP contribution in [0, 0.1) is 6.92 Å². The minimum atomic E-state index is -0.150. The molecule has 2 heterocycles. The van der Waals surface area contributed by atoms with Crippen molar-refractivity contribution in [2.75, 3.05) is 18.9 Å². The van der Waals surface area contributed by atoms with Gasteiger partial charge in [-0.2, -0.15) is 0 Å². The number of nitrogens with two attached hydrogens (primary N) is 2. The van der Waals surface area contributed by atoms with E-state index in [9.17, 15) is 5.11 Å². The summed E-state index contributed by atoms with van der Waals surface area (Å²) >= 11 is 0. The highest BCUT2D eigenvalue weighted by Gasteiger charge is 2.23. The smallest absolute Gasteiger partial charge is 0.152 e. The van der Waals surface area contributed by atoms with Gasteiger partial charge in [-0.05, 0) is 80.7 Å². The Morgan fingerprint density at radius 1 is 0.975 bits per heavy atom. The standard InChI is InChI=1S/C33H47N5O2/c1-7-8-10-28-37-29-30(38(28)21-23-11-14-27(39)22(2)19-23)25-13-12-24(20-26(25)36-31(29)34)32(3,4)16-18-40-17-9-15-33(5,6)35/h11-14,19-20,39H,7-10,15-18,21,35H2,1-6H3,(H2,34,36). The molecule has 4 aromatic rings. The van der Waals surface area contributed by atoms with Crippen LogP contribution in [0.4, 0.5) is 5.82 Å². The second-order valence-corrected chi connectivity index (χ2v) is 12.6. The molecule has 0 atom stereocenters. The summed E-state index contributed by atoms with van der Waals surface area (Å²) in [6.07, 6.45) is 5.83. The highest BCUT2D eigenvalue weighted by molar-refractivity contribution is 6.06. The molecule has 2 aromatic carbocycles. The van der Waals surface area contributed by atoms with Gasteiger partial charge in [0.25, 0.3) is 0 Å². The molecule has 5 N–H and O–H groups in total. The largest absolute Gasteiger partial charge is 0.508 e. The van der Waals surface area contributed by atoms with Crippen LogP contribution in [0.5, 0.6) is 5.75 Å². The van der Waals surface area contributed by atoms with Crippen LogP contribution in [0.3, 0.4) is 0 Å². The van der Waals surface area contributed by atoms with Crippen molar-refractivity contribution < 1.29 is 9.84 Å². The third kappa shape index (κ3) is 6.94. The number of aryl methyl sites for hydroxylation is 2. The van der Waals surface area contributed by atoms with E-state index in [2.05, 4.69) is 57.4 Å². The summed E-state index contributed by atoms with van der Waals surface area (Å²) in [5.41, 5.74) is 18.2. The molecule has 0 bridgehead atoms. The molecule has 0 aliphatic rings. The summed E-state index contributed by atoms with van der Waals surface area (Å²) in [4.78, 5) is 9.80. The number of fused-ring (bicyclic) bond motifs is 3. The number of aromatic nitrogens is 3. The Morgan fingerprint density at radius 3 is 2.45 bits per heavy atom. The fraction of sp³-hybridized carbons (Fsp3) is 0.515. The van der Waals surface area contributed by atoms with Crippen molar-refractivity contribution in [1.82, 2.24) is 14.5 Å². The molecule has 216 valence electrons. The van der Waals surface area contributed by atoms with E-state index < -0.39 is 0 Å². The molecule has 7 nitrogen and oxygen atoms in total. The lowest BCUT2D eigenvalue weighted by molar-refractivity contribution is 0.111.